The number of hydrogen-bond acceptors (Lipinski definition) is 7. The minimum Gasteiger partial charge on any atom is -0.394 e. The molecule has 4 N–H and O–H groups in total. The van der Waals surface area contributed by atoms with Gasteiger partial charge in [-0.1, -0.05) is 0 Å². The topological polar surface area (TPSA) is 119 Å². The molecule has 3 rings (SSSR count). The zero-order valence-electron chi connectivity index (χ0n) is 9.77. The molecule has 0 aliphatic carbocycles. The zero-order chi connectivity index (χ0) is 13.6. The van der Waals surface area contributed by atoms with Crippen LogP contribution in [-0.4, -0.2) is 48.5 Å². The summed E-state index contributed by atoms with van der Waals surface area (Å²) in [6.45, 7) is -0.144. The Labute approximate surface area is 116 Å². The lowest BCUT2D eigenvalue weighted by Crippen LogP contribution is -2.20. The van der Waals surface area contributed by atoms with E-state index in [9.17, 15) is 5.11 Å². The SMILES string of the molecule is Nc1ncnc2c1nc(Br)n2[C@@H]1O[C@H](CO)C[C@H]1O. The van der Waals surface area contributed by atoms with E-state index in [-0.39, 0.29) is 12.4 Å². The van der Waals surface area contributed by atoms with Gasteiger partial charge in [0.15, 0.2) is 27.9 Å². The molecule has 0 spiro atoms. The van der Waals surface area contributed by atoms with Crippen LogP contribution in [0.2, 0.25) is 0 Å². The molecule has 1 saturated heterocycles. The van der Waals surface area contributed by atoms with Crippen LogP contribution in [0.1, 0.15) is 12.6 Å². The summed E-state index contributed by atoms with van der Waals surface area (Å²) in [6, 6.07) is 0. The Morgan fingerprint density at radius 3 is 3.00 bits per heavy atom. The first-order chi connectivity index (χ1) is 9.11. The van der Waals surface area contributed by atoms with Crippen molar-refractivity contribution in [2.24, 2.45) is 0 Å². The van der Waals surface area contributed by atoms with Gasteiger partial charge in [-0.15, -0.1) is 0 Å². The summed E-state index contributed by atoms with van der Waals surface area (Å²) in [4.78, 5) is 12.2. The fraction of sp³-hybridized carbons (Fsp3) is 0.500. The maximum atomic E-state index is 10.0. The van der Waals surface area contributed by atoms with Crippen molar-refractivity contribution in [2.75, 3.05) is 12.3 Å². The number of imidazole rings is 1. The molecule has 0 unspecified atom stereocenters. The summed E-state index contributed by atoms with van der Waals surface area (Å²) in [5.41, 5.74) is 6.65. The highest BCUT2D eigenvalue weighted by Gasteiger charge is 2.37. The predicted octanol–water partition coefficient (Wildman–Crippen LogP) is -0.188. The van der Waals surface area contributed by atoms with Crippen molar-refractivity contribution in [2.45, 2.75) is 24.9 Å². The second-order valence-electron chi connectivity index (χ2n) is 4.32. The van der Waals surface area contributed by atoms with Crippen LogP contribution in [0.5, 0.6) is 0 Å². The molecule has 0 radical (unpaired) electrons. The lowest BCUT2D eigenvalue weighted by Gasteiger charge is -2.17. The first-order valence-electron chi connectivity index (χ1n) is 5.70. The van der Waals surface area contributed by atoms with Crippen LogP contribution in [0.4, 0.5) is 5.82 Å². The Morgan fingerprint density at radius 1 is 1.53 bits per heavy atom. The Morgan fingerprint density at radius 2 is 2.32 bits per heavy atom. The van der Waals surface area contributed by atoms with E-state index in [4.69, 9.17) is 15.6 Å². The van der Waals surface area contributed by atoms with Gasteiger partial charge in [0.2, 0.25) is 0 Å². The number of anilines is 1. The molecule has 3 heterocycles. The van der Waals surface area contributed by atoms with E-state index in [2.05, 4.69) is 30.9 Å². The molecule has 2 aromatic heterocycles. The number of fused-ring (bicyclic) bond motifs is 1. The van der Waals surface area contributed by atoms with Gasteiger partial charge in [-0.25, -0.2) is 15.0 Å². The minimum absolute atomic E-state index is 0.144. The number of nitrogens with two attached hydrogens (primary N) is 1. The Bertz CT molecular complexity index is 618. The lowest BCUT2D eigenvalue weighted by atomic mass is 10.2. The Hall–Kier alpha value is -1.29. The van der Waals surface area contributed by atoms with Crippen LogP contribution < -0.4 is 5.73 Å². The van der Waals surface area contributed by atoms with Crippen LogP contribution in [0.25, 0.3) is 11.2 Å². The molecule has 0 aromatic carbocycles. The summed E-state index contributed by atoms with van der Waals surface area (Å²) in [7, 11) is 0. The normalized spacial score (nSPS) is 27.2. The van der Waals surface area contributed by atoms with Crippen molar-refractivity contribution in [1.82, 2.24) is 19.5 Å². The van der Waals surface area contributed by atoms with Crippen LogP contribution in [0, 0.1) is 0 Å². The molecule has 1 fully saturated rings. The van der Waals surface area contributed by atoms with Crippen LogP contribution in [-0.2, 0) is 4.74 Å². The van der Waals surface area contributed by atoms with Crippen molar-refractivity contribution in [3.05, 3.63) is 11.1 Å². The Kier molecular flexibility index (Phi) is 3.13. The third-order valence-corrected chi connectivity index (χ3v) is 3.65. The number of aromatic nitrogens is 4. The van der Waals surface area contributed by atoms with Gasteiger partial charge >= 0.3 is 0 Å². The maximum Gasteiger partial charge on any atom is 0.181 e. The number of ether oxygens (including phenoxy) is 1. The number of aliphatic hydroxyl groups is 2. The van der Waals surface area contributed by atoms with Crippen molar-refractivity contribution >= 4 is 32.9 Å². The fourth-order valence-electron chi connectivity index (χ4n) is 2.20. The molecule has 0 amide bonds. The minimum atomic E-state index is -0.748. The van der Waals surface area contributed by atoms with E-state index in [1.807, 2.05) is 0 Å². The number of nitrogen functional groups attached to an aromatic ring is 1. The first-order valence-corrected chi connectivity index (χ1v) is 6.49. The van der Waals surface area contributed by atoms with Crippen molar-refractivity contribution in [3.63, 3.8) is 0 Å². The summed E-state index contributed by atoms with van der Waals surface area (Å²) in [5.74, 6) is 0.260. The largest absolute Gasteiger partial charge is 0.394 e. The number of halogens is 1. The standard InChI is InChI=1S/C10H12BrN5O3/c11-10-15-6-7(12)13-3-14-8(6)16(10)9-5(18)1-4(2-17)19-9/h3-5,9,17-18H,1-2H2,(H2,12,13,14)/t4-,5+,9+/m0/s1. The van der Waals surface area contributed by atoms with Crippen LogP contribution in [0.15, 0.2) is 11.1 Å². The van der Waals surface area contributed by atoms with Crippen molar-refractivity contribution in [3.8, 4) is 0 Å². The van der Waals surface area contributed by atoms with Crippen molar-refractivity contribution in [1.29, 1.82) is 0 Å². The highest BCUT2D eigenvalue weighted by atomic mass is 79.9. The van der Waals surface area contributed by atoms with E-state index >= 15 is 0 Å². The second-order valence-corrected chi connectivity index (χ2v) is 5.03. The molecular formula is C10H12BrN5O3. The first kappa shape index (κ1) is 12.7. The summed E-state index contributed by atoms with van der Waals surface area (Å²) in [6.07, 6.45) is -0.127. The highest BCUT2D eigenvalue weighted by Crippen LogP contribution is 2.34. The number of hydrogen-bond donors (Lipinski definition) is 3. The molecule has 1 aliphatic rings. The molecule has 1 aliphatic heterocycles. The quantitative estimate of drug-likeness (QED) is 0.653. The number of nitrogens with zero attached hydrogens (tertiary/aromatic N) is 4. The molecule has 0 saturated carbocycles. The van der Waals surface area contributed by atoms with E-state index < -0.39 is 18.4 Å². The molecule has 0 bridgehead atoms. The van der Waals surface area contributed by atoms with Gasteiger partial charge < -0.3 is 20.7 Å². The predicted molar refractivity (Wildman–Crippen MR) is 69.1 cm³/mol. The van der Waals surface area contributed by atoms with Gasteiger partial charge in [0.25, 0.3) is 0 Å². The third-order valence-electron chi connectivity index (χ3n) is 3.09. The van der Waals surface area contributed by atoms with Crippen LogP contribution >= 0.6 is 15.9 Å². The van der Waals surface area contributed by atoms with Gasteiger partial charge in [-0.05, 0) is 15.9 Å². The van der Waals surface area contributed by atoms with E-state index in [0.29, 0.717) is 22.3 Å². The summed E-state index contributed by atoms with van der Waals surface area (Å²) >= 11 is 3.30. The smallest absolute Gasteiger partial charge is 0.181 e. The second kappa shape index (κ2) is 4.67. The average Bonchev–Trinajstić information content (AvgIpc) is 2.90. The average molecular weight is 330 g/mol. The molecule has 3 atom stereocenters. The van der Waals surface area contributed by atoms with E-state index in [1.165, 1.54) is 6.33 Å². The third kappa shape index (κ3) is 1.98. The lowest BCUT2D eigenvalue weighted by molar-refractivity contribution is -0.0498. The maximum absolute atomic E-state index is 10.0. The summed E-state index contributed by atoms with van der Waals surface area (Å²) in [5, 5.41) is 19.1. The summed E-state index contributed by atoms with van der Waals surface area (Å²) < 4.78 is 7.63. The van der Waals surface area contributed by atoms with E-state index in [1.54, 1.807) is 4.57 Å². The molecule has 102 valence electrons. The van der Waals surface area contributed by atoms with Gasteiger partial charge in [-0.2, -0.15) is 0 Å². The molecule has 9 heteroatoms. The van der Waals surface area contributed by atoms with Gasteiger partial charge in [0.1, 0.15) is 12.4 Å². The van der Waals surface area contributed by atoms with Gasteiger partial charge in [0.05, 0.1) is 12.7 Å². The van der Waals surface area contributed by atoms with Crippen molar-refractivity contribution < 1.29 is 14.9 Å². The monoisotopic (exact) mass is 329 g/mol. The molecule has 8 nitrogen and oxygen atoms in total. The fourth-order valence-corrected chi connectivity index (χ4v) is 2.75. The molecular weight excluding hydrogens is 318 g/mol. The van der Waals surface area contributed by atoms with Gasteiger partial charge in [-0.3, -0.25) is 4.57 Å². The molecule has 19 heavy (non-hydrogen) atoms. The van der Waals surface area contributed by atoms with Crippen LogP contribution in [0.3, 0.4) is 0 Å². The Balaban J connectivity index is 2.10. The van der Waals surface area contributed by atoms with Gasteiger partial charge in [0, 0.05) is 6.42 Å². The highest BCUT2D eigenvalue weighted by molar-refractivity contribution is 9.10. The number of rotatable bonds is 2. The zero-order valence-corrected chi connectivity index (χ0v) is 11.4. The van der Waals surface area contributed by atoms with E-state index in [0.717, 1.165) is 0 Å². The number of aliphatic hydroxyl groups excluding tert-OH is 2. The molecule has 2 aromatic rings.